The van der Waals surface area contributed by atoms with Crippen LogP contribution in [0.3, 0.4) is 0 Å². The van der Waals surface area contributed by atoms with Gasteiger partial charge in [-0.2, -0.15) is 0 Å². The van der Waals surface area contributed by atoms with Crippen molar-refractivity contribution in [2.24, 2.45) is 0 Å². The monoisotopic (exact) mass is 272 g/mol. The molecule has 0 amide bonds. The van der Waals surface area contributed by atoms with Crippen LogP contribution in [0.2, 0.25) is 0 Å². The summed E-state index contributed by atoms with van der Waals surface area (Å²) >= 11 is 0. The molecule has 0 saturated heterocycles. The van der Waals surface area contributed by atoms with Gasteiger partial charge >= 0.3 is 0 Å². The molecule has 0 atom stereocenters. The Hall–Kier alpha value is -2.16. The number of hydrogen-bond donors (Lipinski definition) is 0. The number of aldehydes is 1. The lowest BCUT2D eigenvalue weighted by Crippen LogP contribution is -2.01. The first kappa shape index (κ1) is 14.3. The Kier molecular flexibility index (Phi) is 4.51. The van der Waals surface area contributed by atoms with E-state index in [0.717, 1.165) is 5.56 Å². The van der Waals surface area contributed by atoms with Gasteiger partial charge in [0.2, 0.25) is 0 Å². The van der Waals surface area contributed by atoms with Crippen molar-refractivity contribution in [1.82, 2.24) is 0 Å². The average Bonchev–Trinajstić information content (AvgIpc) is 2.46. The molecule has 0 bridgehead atoms. The lowest BCUT2D eigenvalue weighted by Gasteiger charge is -2.10. The highest BCUT2D eigenvalue weighted by Crippen LogP contribution is 2.22. The Morgan fingerprint density at radius 2 is 1.85 bits per heavy atom. The standard InChI is InChI=1S/C17H17FO2/c1-12(2)14-8-6-13(7-9-14)11-20-17-15(10-19)4-3-5-16(17)18/h3-10,12H,11H2,1-2H3. The van der Waals surface area contributed by atoms with Gasteiger partial charge in [0, 0.05) is 0 Å². The fraction of sp³-hybridized carbons (Fsp3) is 0.235. The Bertz CT molecular complexity index is 588. The van der Waals surface area contributed by atoms with Crippen LogP contribution in [0.1, 0.15) is 41.3 Å². The number of para-hydroxylation sites is 1. The van der Waals surface area contributed by atoms with E-state index >= 15 is 0 Å². The lowest BCUT2D eigenvalue weighted by atomic mass is 10.0. The van der Waals surface area contributed by atoms with Crippen molar-refractivity contribution in [3.8, 4) is 5.75 Å². The largest absolute Gasteiger partial charge is 0.485 e. The number of rotatable bonds is 5. The maximum absolute atomic E-state index is 13.6. The molecule has 0 saturated carbocycles. The first-order valence-corrected chi connectivity index (χ1v) is 6.57. The third-order valence-corrected chi connectivity index (χ3v) is 3.15. The van der Waals surface area contributed by atoms with Crippen molar-refractivity contribution in [1.29, 1.82) is 0 Å². The molecule has 0 aliphatic carbocycles. The van der Waals surface area contributed by atoms with Gasteiger partial charge in [0.15, 0.2) is 17.9 Å². The number of carbonyl (C=O) groups is 1. The van der Waals surface area contributed by atoms with E-state index in [2.05, 4.69) is 13.8 Å². The van der Waals surface area contributed by atoms with Crippen LogP contribution < -0.4 is 4.74 Å². The van der Waals surface area contributed by atoms with E-state index in [9.17, 15) is 9.18 Å². The van der Waals surface area contributed by atoms with Crippen molar-refractivity contribution >= 4 is 6.29 Å². The third-order valence-electron chi connectivity index (χ3n) is 3.15. The van der Waals surface area contributed by atoms with Gasteiger partial charge in [-0.05, 0) is 29.2 Å². The van der Waals surface area contributed by atoms with Crippen LogP contribution in [0.5, 0.6) is 5.75 Å². The van der Waals surface area contributed by atoms with E-state index in [4.69, 9.17) is 4.74 Å². The molecule has 20 heavy (non-hydrogen) atoms. The second-order valence-electron chi connectivity index (χ2n) is 4.96. The van der Waals surface area contributed by atoms with Crippen LogP contribution in [0.4, 0.5) is 4.39 Å². The third kappa shape index (κ3) is 3.23. The summed E-state index contributed by atoms with van der Waals surface area (Å²) in [6, 6.07) is 12.3. The maximum atomic E-state index is 13.6. The summed E-state index contributed by atoms with van der Waals surface area (Å²) in [4.78, 5) is 10.9. The van der Waals surface area contributed by atoms with Gasteiger partial charge in [-0.15, -0.1) is 0 Å². The van der Waals surface area contributed by atoms with E-state index < -0.39 is 5.82 Å². The minimum atomic E-state index is -0.520. The molecule has 2 rings (SSSR count). The summed E-state index contributed by atoms with van der Waals surface area (Å²) in [6.45, 7) is 4.49. The summed E-state index contributed by atoms with van der Waals surface area (Å²) in [7, 11) is 0. The van der Waals surface area contributed by atoms with E-state index in [1.165, 1.54) is 23.8 Å². The molecular weight excluding hydrogens is 255 g/mol. The van der Waals surface area contributed by atoms with Crippen LogP contribution in [-0.4, -0.2) is 6.29 Å². The summed E-state index contributed by atoms with van der Waals surface area (Å²) in [5.41, 5.74) is 2.41. The SMILES string of the molecule is CC(C)c1ccc(COc2c(F)cccc2C=O)cc1. The second kappa shape index (κ2) is 6.33. The van der Waals surface area contributed by atoms with E-state index in [-0.39, 0.29) is 17.9 Å². The zero-order chi connectivity index (χ0) is 14.5. The van der Waals surface area contributed by atoms with Gasteiger partial charge in [0.1, 0.15) is 6.61 Å². The Morgan fingerprint density at radius 1 is 1.15 bits per heavy atom. The van der Waals surface area contributed by atoms with E-state index in [0.29, 0.717) is 12.2 Å². The minimum Gasteiger partial charge on any atom is -0.485 e. The summed E-state index contributed by atoms with van der Waals surface area (Å²) in [5.74, 6) is -0.0398. The number of hydrogen-bond acceptors (Lipinski definition) is 2. The van der Waals surface area contributed by atoms with Gasteiger partial charge < -0.3 is 4.74 Å². The van der Waals surface area contributed by atoms with Crippen LogP contribution >= 0.6 is 0 Å². The molecule has 0 radical (unpaired) electrons. The number of halogens is 1. The fourth-order valence-corrected chi connectivity index (χ4v) is 1.92. The Labute approximate surface area is 118 Å². The van der Waals surface area contributed by atoms with Crippen LogP contribution in [0.25, 0.3) is 0 Å². The number of ether oxygens (including phenoxy) is 1. The van der Waals surface area contributed by atoms with E-state index in [1.54, 1.807) is 0 Å². The second-order valence-corrected chi connectivity index (χ2v) is 4.96. The van der Waals surface area contributed by atoms with Gasteiger partial charge in [-0.1, -0.05) is 44.2 Å². The molecule has 0 heterocycles. The van der Waals surface area contributed by atoms with Crippen molar-refractivity contribution in [3.05, 3.63) is 65.0 Å². The highest BCUT2D eigenvalue weighted by atomic mass is 19.1. The molecule has 2 aromatic carbocycles. The van der Waals surface area contributed by atoms with Crippen molar-refractivity contribution in [2.45, 2.75) is 26.4 Å². The fourth-order valence-electron chi connectivity index (χ4n) is 1.92. The lowest BCUT2D eigenvalue weighted by molar-refractivity contribution is 0.111. The highest BCUT2D eigenvalue weighted by molar-refractivity contribution is 5.79. The van der Waals surface area contributed by atoms with Gasteiger partial charge in [0.05, 0.1) is 5.56 Å². The smallest absolute Gasteiger partial charge is 0.165 e. The molecule has 2 nitrogen and oxygen atoms in total. The molecule has 0 fully saturated rings. The molecule has 0 unspecified atom stereocenters. The minimum absolute atomic E-state index is 0.00966. The molecule has 0 spiro atoms. The quantitative estimate of drug-likeness (QED) is 0.757. The molecule has 3 heteroatoms. The first-order valence-electron chi connectivity index (χ1n) is 6.57. The van der Waals surface area contributed by atoms with Crippen molar-refractivity contribution in [2.75, 3.05) is 0 Å². The summed E-state index contributed by atoms with van der Waals surface area (Å²) < 4.78 is 19.1. The highest BCUT2D eigenvalue weighted by Gasteiger charge is 2.09. The zero-order valence-corrected chi connectivity index (χ0v) is 11.6. The number of carbonyl (C=O) groups excluding carboxylic acids is 1. The van der Waals surface area contributed by atoms with Crippen LogP contribution in [0.15, 0.2) is 42.5 Å². The molecule has 2 aromatic rings. The molecule has 0 aromatic heterocycles. The zero-order valence-electron chi connectivity index (χ0n) is 11.6. The molecule has 104 valence electrons. The van der Waals surface area contributed by atoms with Crippen molar-refractivity contribution in [3.63, 3.8) is 0 Å². The van der Waals surface area contributed by atoms with Crippen LogP contribution in [-0.2, 0) is 6.61 Å². The normalized spacial score (nSPS) is 10.6. The molecule has 0 aliphatic rings. The maximum Gasteiger partial charge on any atom is 0.165 e. The van der Waals surface area contributed by atoms with Gasteiger partial charge in [0.25, 0.3) is 0 Å². The molecular formula is C17H17FO2. The number of benzene rings is 2. The van der Waals surface area contributed by atoms with Crippen LogP contribution in [0, 0.1) is 5.82 Å². The van der Waals surface area contributed by atoms with Gasteiger partial charge in [-0.3, -0.25) is 4.79 Å². The van der Waals surface area contributed by atoms with Crippen molar-refractivity contribution < 1.29 is 13.9 Å². The predicted molar refractivity (Wildman–Crippen MR) is 76.7 cm³/mol. The average molecular weight is 272 g/mol. The molecule has 0 aliphatic heterocycles. The summed E-state index contributed by atoms with van der Waals surface area (Å²) in [6.07, 6.45) is 0.597. The molecule has 0 N–H and O–H groups in total. The topological polar surface area (TPSA) is 26.3 Å². The first-order chi connectivity index (χ1) is 9.61. The van der Waals surface area contributed by atoms with E-state index in [1.807, 2.05) is 24.3 Å². The summed E-state index contributed by atoms with van der Waals surface area (Å²) in [5, 5.41) is 0. The predicted octanol–water partition coefficient (Wildman–Crippen LogP) is 4.34. The Morgan fingerprint density at radius 3 is 2.45 bits per heavy atom. The van der Waals surface area contributed by atoms with Gasteiger partial charge in [-0.25, -0.2) is 4.39 Å². The Balaban J connectivity index is 2.11.